The Morgan fingerprint density at radius 2 is 2.12 bits per heavy atom. The maximum absolute atomic E-state index is 11.8. The first-order chi connectivity index (χ1) is 7.92. The number of sulfone groups is 1. The first-order valence-corrected chi connectivity index (χ1v) is 7.14. The lowest BCUT2D eigenvalue weighted by atomic mass is 10.1. The SMILES string of the molecule is CCS(=O)(=O)C(C)/C(=N/O)c1cccc(C)c1. The molecule has 1 aromatic carbocycles. The molecule has 0 spiro atoms. The Balaban J connectivity index is 3.19. The molecule has 0 aliphatic heterocycles. The first kappa shape index (κ1) is 13.7. The summed E-state index contributed by atoms with van der Waals surface area (Å²) in [5.74, 6) is 0.0268. The van der Waals surface area contributed by atoms with Gasteiger partial charge in [-0.15, -0.1) is 0 Å². The van der Waals surface area contributed by atoms with Crippen LogP contribution in [0, 0.1) is 6.92 Å². The van der Waals surface area contributed by atoms with Crippen molar-refractivity contribution < 1.29 is 13.6 Å². The number of nitrogens with zero attached hydrogens (tertiary/aromatic N) is 1. The largest absolute Gasteiger partial charge is 0.411 e. The normalized spacial score (nSPS) is 14.6. The first-order valence-electron chi connectivity index (χ1n) is 5.43. The minimum absolute atomic E-state index is 0.0268. The summed E-state index contributed by atoms with van der Waals surface area (Å²) in [6.45, 7) is 5.02. The van der Waals surface area contributed by atoms with Crippen LogP contribution in [0.4, 0.5) is 0 Å². The molecule has 1 aromatic rings. The molecule has 0 radical (unpaired) electrons. The highest BCUT2D eigenvalue weighted by molar-refractivity contribution is 7.92. The van der Waals surface area contributed by atoms with Gasteiger partial charge in [-0.05, 0) is 13.8 Å². The molecule has 0 amide bonds. The van der Waals surface area contributed by atoms with Gasteiger partial charge >= 0.3 is 0 Å². The molecular formula is C12H17NO3S. The second-order valence-electron chi connectivity index (χ2n) is 3.95. The van der Waals surface area contributed by atoms with Gasteiger partial charge in [-0.1, -0.05) is 41.9 Å². The molecule has 1 unspecified atom stereocenters. The maximum atomic E-state index is 11.8. The number of benzene rings is 1. The van der Waals surface area contributed by atoms with Gasteiger partial charge in [0.1, 0.15) is 11.0 Å². The van der Waals surface area contributed by atoms with Crippen LogP contribution in [0.25, 0.3) is 0 Å². The lowest BCUT2D eigenvalue weighted by Gasteiger charge is -2.13. The van der Waals surface area contributed by atoms with Crippen LogP contribution in [-0.4, -0.2) is 30.3 Å². The van der Waals surface area contributed by atoms with E-state index in [1.807, 2.05) is 13.0 Å². The topological polar surface area (TPSA) is 66.7 Å². The van der Waals surface area contributed by atoms with E-state index in [0.717, 1.165) is 5.56 Å². The summed E-state index contributed by atoms with van der Waals surface area (Å²) >= 11 is 0. The van der Waals surface area contributed by atoms with E-state index in [0.29, 0.717) is 5.56 Å². The van der Waals surface area contributed by atoms with Crippen molar-refractivity contribution in [2.24, 2.45) is 5.16 Å². The zero-order valence-electron chi connectivity index (χ0n) is 10.2. The van der Waals surface area contributed by atoms with Crippen LogP contribution in [0.3, 0.4) is 0 Å². The fourth-order valence-corrected chi connectivity index (χ4v) is 2.62. The average molecular weight is 255 g/mol. The third kappa shape index (κ3) is 3.06. The highest BCUT2D eigenvalue weighted by Gasteiger charge is 2.25. The summed E-state index contributed by atoms with van der Waals surface area (Å²) in [5.41, 5.74) is 1.82. The predicted octanol–water partition coefficient (Wildman–Crippen LogP) is 2.00. The van der Waals surface area contributed by atoms with Crippen LogP contribution in [0.2, 0.25) is 0 Å². The molecule has 0 saturated carbocycles. The van der Waals surface area contributed by atoms with E-state index in [1.54, 1.807) is 25.1 Å². The lowest BCUT2D eigenvalue weighted by molar-refractivity contribution is 0.318. The smallest absolute Gasteiger partial charge is 0.158 e. The van der Waals surface area contributed by atoms with Crippen LogP contribution in [0.15, 0.2) is 29.4 Å². The zero-order valence-corrected chi connectivity index (χ0v) is 11.0. The van der Waals surface area contributed by atoms with Crippen LogP contribution in [0.5, 0.6) is 0 Å². The molecule has 0 bridgehead atoms. The standard InChI is InChI=1S/C12H17NO3S/c1-4-17(15,16)10(3)12(13-14)11-7-5-6-9(2)8-11/h5-8,10,14H,4H2,1-3H3/b13-12-. The van der Waals surface area contributed by atoms with Gasteiger partial charge in [0, 0.05) is 11.3 Å². The number of hydrogen-bond acceptors (Lipinski definition) is 4. The molecule has 1 atom stereocenters. The van der Waals surface area contributed by atoms with E-state index in [2.05, 4.69) is 5.16 Å². The molecule has 0 aliphatic carbocycles. The molecule has 0 aliphatic rings. The van der Waals surface area contributed by atoms with E-state index in [4.69, 9.17) is 5.21 Å². The highest BCUT2D eigenvalue weighted by Crippen LogP contribution is 2.13. The minimum Gasteiger partial charge on any atom is -0.411 e. The molecule has 0 aromatic heterocycles. The van der Waals surface area contributed by atoms with Gasteiger partial charge < -0.3 is 5.21 Å². The third-order valence-corrected chi connectivity index (χ3v) is 4.85. The van der Waals surface area contributed by atoms with Gasteiger partial charge in [0.25, 0.3) is 0 Å². The van der Waals surface area contributed by atoms with Crippen LogP contribution < -0.4 is 0 Å². The quantitative estimate of drug-likeness (QED) is 0.508. The van der Waals surface area contributed by atoms with Crippen molar-refractivity contribution in [1.82, 2.24) is 0 Å². The fraction of sp³-hybridized carbons (Fsp3) is 0.417. The monoisotopic (exact) mass is 255 g/mol. The summed E-state index contributed by atoms with van der Waals surface area (Å²) in [6, 6.07) is 7.25. The van der Waals surface area contributed by atoms with Gasteiger partial charge in [0.2, 0.25) is 0 Å². The molecule has 0 saturated heterocycles. The number of rotatable bonds is 4. The van der Waals surface area contributed by atoms with Gasteiger partial charge in [-0.25, -0.2) is 8.42 Å². The number of oxime groups is 1. The third-order valence-electron chi connectivity index (χ3n) is 2.75. The number of aryl methyl sites for hydroxylation is 1. The van der Waals surface area contributed by atoms with E-state index in [9.17, 15) is 8.42 Å². The van der Waals surface area contributed by atoms with Gasteiger partial charge in [0.15, 0.2) is 9.84 Å². The van der Waals surface area contributed by atoms with Crippen molar-refractivity contribution in [2.75, 3.05) is 5.75 Å². The summed E-state index contributed by atoms with van der Waals surface area (Å²) in [6.07, 6.45) is 0. The molecule has 0 fully saturated rings. The molecule has 0 heterocycles. The highest BCUT2D eigenvalue weighted by atomic mass is 32.2. The molecule has 17 heavy (non-hydrogen) atoms. The Hall–Kier alpha value is -1.36. The van der Waals surface area contributed by atoms with Crippen LogP contribution in [-0.2, 0) is 9.84 Å². The van der Waals surface area contributed by atoms with Gasteiger partial charge in [0.05, 0.1) is 0 Å². The van der Waals surface area contributed by atoms with Crippen molar-refractivity contribution in [3.05, 3.63) is 35.4 Å². The minimum atomic E-state index is -3.26. The maximum Gasteiger partial charge on any atom is 0.158 e. The molecule has 4 nitrogen and oxygen atoms in total. The lowest BCUT2D eigenvalue weighted by Crippen LogP contribution is -2.29. The van der Waals surface area contributed by atoms with Gasteiger partial charge in [-0.3, -0.25) is 0 Å². The summed E-state index contributed by atoms with van der Waals surface area (Å²) in [7, 11) is -3.26. The van der Waals surface area contributed by atoms with Crippen molar-refractivity contribution in [1.29, 1.82) is 0 Å². The molecule has 5 heteroatoms. The predicted molar refractivity (Wildman–Crippen MR) is 68.4 cm³/mol. The molecule has 94 valence electrons. The zero-order chi connectivity index (χ0) is 13.1. The molecular weight excluding hydrogens is 238 g/mol. The Bertz CT molecular complexity index is 520. The summed E-state index contributed by atoms with van der Waals surface area (Å²) in [4.78, 5) is 0. The van der Waals surface area contributed by atoms with Crippen LogP contribution >= 0.6 is 0 Å². The summed E-state index contributed by atoms with van der Waals surface area (Å²) < 4.78 is 23.5. The van der Waals surface area contributed by atoms with E-state index < -0.39 is 15.1 Å². The van der Waals surface area contributed by atoms with Gasteiger partial charge in [-0.2, -0.15) is 0 Å². The molecule has 1 N–H and O–H groups in total. The van der Waals surface area contributed by atoms with E-state index in [1.165, 1.54) is 6.92 Å². The second kappa shape index (κ2) is 5.31. The fourth-order valence-electron chi connectivity index (χ4n) is 1.60. The Kier molecular flexibility index (Phi) is 4.28. The van der Waals surface area contributed by atoms with Crippen molar-refractivity contribution >= 4 is 15.5 Å². The summed E-state index contributed by atoms with van der Waals surface area (Å²) in [5, 5.41) is 11.4. The molecule has 1 rings (SSSR count). The average Bonchev–Trinajstić information content (AvgIpc) is 2.30. The Morgan fingerprint density at radius 1 is 1.47 bits per heavy atom. The van der Waals surface area contributed by atoms with Crippen molar-refractivity contribution in [3.8, 4) is 0 Å². The van der Waals surface area contributed by atoms with Crippen molar-refractivity contribution in [2.45, 2.75) is 26.0 Å². The Labute approximate surface area is 102 Å². The van der Waals surface area contributed by atoms with E-state index >= 15 is 0 Å². The Morgan fingerprint density at radius 3 is 2.59 bits per heavy atom. The number of hydrogen-bond donors (Lipinski definition) is 1. The van der Waals surface area contributed by atoms with Crippen LogP contribution in [0.1, 0.15) is 25.0 Å². The van der Waals surface area contributed by atoms with Crippen molar-refractivity contribution in [3.63, 3.8) is 0 Å². The van der Waals surface area contributed by atoms with E-state index in [-0.39, 0.29) is 11.5 Å². The second-order valence-corrected chi connectivity index (χ2v) is 6.56.